The molecule has 1 unspecified atom stereocenters. The molecule has 3 aromatic rings. The first-order valence-corrected chi connectivity index (χ1v) is 8.33. The number of aromatic hydroxyl groups is 1. The molecule has 2 aromatic heterocycles. The molecule has 0 spiro atoms. The van der Waals surface area contributed by atoms with Gasteiger partial charge in [-0.3, -0.25) is 4.90 Å². The van der Waals surface area contributed by atoms with E-state index in [0.717, 1.165) is 19.6 Å². The number of rotatable bonds is 3. The molecule has 0 bridgehead atoms. The molecule has 0 radical (unpaired) electrons. The lowest BCUT2D eigenvalue weighted by Crippen LogP contribution is -2.44. The Balaban J connectivity index is 0.00000210. The van der Waals surface area contributed by atoms with Gasteiger partial charge in [-0.1, -0.05) is 5.16 Å². The van der Waals surface area contributed by atoms with Crippen LogP contribution < -0.4 is 5.32 Å². The smallest absolute Gasteiger partial charge is 0.282 e. The summed E-state index contributed by atoms with van der Waals surface area (Å²) < 4.78 is 20.1. The van der Waals surface area contributed by atoms with E-state index in [1.165, 1.54) is 23.0 Å². The van der Waals surface area contributed by atoms with Crippen molar-refractivity contribution in [2.45, 2.75) is 13.0 Å². The van der Waals surface area contributed by atoms with Crippen LogP contribution in [0, 0.1) is 12.7 Å². The highest BCUT2D eigenvalue weighted by molar-refractivity contribution is 5.85. The molecule has 1 aliphatic rings. The maximum absolute atomic E-state index is 13.3. The lowest BCUT2D eigenvalue weighted by atomic mass is 10.2. The summed E-state index contributed by atoms with van der Waals surface area (Å²) in [4.78, 5) is 6.55. The zero-order chi connectivity index (χ0) is 18.3. The van der Waals surface area contributed by atoms with E-state index in [0.29, 0.717) is 17.1 Å². The number of likely N-dealkylation sites (N-methyl/N-ethyl adjacent to an activating group) is 1. The van der Waals surface area contributed by atoms with Gasteiger partial charge in [-0.15, -0.1) is 12.4 Å². The van der Waals surface area contributed by atoms with E-state index < -0.39 is 0 Å². The number of aryl methyl sites for hydroxylation is 1. The molecular weight excluding hydrogens is 375 g/mol. The summed E-state index contributed by atoms with van der Waals surface area (Å²) in [6.45, 7) is 4.30. The van der Waals surface area contributed by atoms with Crippen molar-refractivity contribution in [2.24, 2.45) is 0 Å². The largest absolute Gasteiger partial charge is 0.504 e. The predicted molar refractivity (Wildman–Crippen MR) is 98.7 cm³/mol. The molecule has 0 saturated carbocycles. The maximum Gasteiger partial charge on any atom is 0.282 e. The van der Waals surface area contributed by atoms with Gasteiger partial charge in [-0.2, -0.15) is 10.1 Å². The number of nitrogens with zero attached hydrogens (tertiary/aromatic N) is 5. The second kappa shape index (κ2) is 7.63. The zero-order valence-electron chi connectivity index (χ0n) is 14.9. The van der Waals surface area contributed by atoms with Gasteiger partial charge in [0.25, 0.3) is 5.89 Å². The normalized spacial score (nSPS) is 17.7. The summed E-state index contributed by atoms with van der Waals surface area (Å²) in [7, 11) is 2.01. The van der Waals surface area contributed by atoms with Crippen molar-refractivity contribution in [3.8, 4) is 23.0 Å². The summed E-state index contributed by atoms with van der Waals surface area (Å²) in [6, 6.07) is 4.36. The number of piperazine rings is 1. The first-order chi connectivity index (χ1) is 12.5. The van der Waals surface area contributed by atoms with Gasteiger partial charge in [-0.05, 0) is 37.7 Å². The van der Waals surface area contributed by atoms with Crippen molar-refractivity contribution in [2.75, 3.05) is 26.7 Å². The minimum atomic E-state index is -0.324. The van der Waals surface area contributed by atoms with E-state index in [1.54, 1.807) is 13.0 Å². The molecule has 10 heteroatoms. The fraction of sp³-hybridized carbons (Fsp3) is 0.353. The molecule has 1 aromatic carbocycles. The van der Waals surface area contributed by atoms with Gasteiger partial charge in [0.1, 0.15) is 5.82 Å². The first kappa shape index (κ1) is 19.3. The Hall–Kier alpha value is -2.49. The summed E-state index contributed by atoms with van der Waals surface area (Å²) in [5.41, 5.74) is 1.54. The average Bonchev–Trinajstić information content (AvgIpc) is 3.22. The number of benzene rings is 1. The third kappa shape index (κ3) is 3.66. The summed E-state index contributed by atoms with van der Waals surface area (Å²) in [5, 5.41) is 21.9. The predicted octanol–water partition coefficient (Wildman–Crippen LogP) is 2.07. The van der Waals surface area contributed by atoms with Crippen LogP contribution in [0.4, 0.5) is 4.39 Å². The Morgan fingerprint density at radius 3 is 2.93 bits per heavy atom. The second-order valence-corrected chi connectivity index (χ2v) is 6.40. The monoisotopic (exact) mass is 394 g/mol. The molecule has 27 heavy (non-hydrogen) atoms. The Bertz CT molecular complexity index is 943. The van der Waals surface area contributed by atoms with Gasteiger partial charge < -0.3 is 14.9 Å². The molecule has 0 aliphatic carbocycles. The minimum absolute atomic E-state index is 0. The molecule has 3 heterocycles. The number of hydrogen-bond donors (Lipinski definition) is 2. The van der Waals surface area contributed by atoms with Gasteiger partial charge in [-0.25, -0.2) is 9.07 Å². The van der Waals surface area contributed by atoms with Crippen molar-refractivity contribution in [3.05, 3.63) is 41.6 Å². The molecule has 1 fully saturated rings. The Morgan fingerprint density at radius 2 is 2.19 bits per heavy atom. The van der Waals surface area contributed by atoms with Crippen LogP contribution in [0.2, 0.25) is 0 Å². The van der Waals surface area contributed by atoms with E-state index in [9.17, 15) is 9.50 Å². The fourth-order valence-electron chi connectivity index (χ4n) is 3.08. The lowest BCUT2D eigenvalue weighted by molar-refractivity contribution is 0.190. The van der Waals surface area contributed by atoms with E-state index >= 15 is 0 Å². The molecule has 1 aliphatic heterocycles. The van der Waals surface area contributed by atoms with Gasteiger partial charge in [0.05, 0.1) is 17.9 Å². The van der Waals surface area contributed by atoms with Crippen LogP contribution in [0.15, 0.2) is 28.9 Å². The summed E-state index contributed by atoms with van der Waals surface area (Å²) in [5.74, 6) is 0.283. The number of aromatic nitrogens is 4. The first-order valence-electron chi connectivity index (χ1n) is 8.33. The van der Waals surface area contributed by atoms with Crippen LogP contribution in [0.3, 0.4) is 0 Å². The molecule has 8 nitrogen and oxygen atoms in total. The summed E-state index contributed by atoms with van der Waals surface area (Å²) in [6.07, 6.45) is 1.44. The van der Waals surface area contributed by atoms with Crippen molar-refractivity contribution < 1.29 is 14.0 Å². The van der Waals surface area contributed by atoms with Crippen LogP contribution in [0.5, 0.6) is 5.75 Å². The third-order valence-electron chi connectivity index (χ3n) is 4.55. The van der Waals surface area contributed by atoms with E-state index in [1.807, 2.05) is 7.05 Å². The quantitative estimate of drug-likeness (QED) is 0.702. The topological polar surface area (TPSA) is 92.2 Å². The van der Waals surface area contributed by atoms with Crippen LogP contribution >= 0.6 is 12.4 Å². The number of hydrogen-bond acceptors (Lipinski definition) is 7. The summed E-state index contributed by atoms with van der Waals surface area (Å²) >= 11 is 0. The minimum Gasteiger partial charge on any atom is -0.504 e. The Morgan fingerprint density at radius 1 is 1.37 bits per heavy atom. The SMILES string of the molecule is Cc1cc(F)ccc1-n1cc(O)c(-c2nc(C3CNCCN3C)no2)n1.Cl. The van der Waals surface area contributed by atoms with Gasteiger partial charge in [0.15, 0.2) is 17.3 Å². The highest BCUT2D eigenvalue weighted by Crippen LogP contribution is 2.29. The van der Waals surface area contributed by atoms with E-state index in [2.05, 4.69) is 25.5 Å². The molecule has 4 rings (SSSR count). The van der Waals surface area contributed by atoms with E-state index in [4.69, 9.17) is 4.52 Å². The van der Waals surface area contributed by atoms with Gasteiger partial charge in [0, 0.05) is 19.6 Å². The van der Waals surface area contributed by atoms with Crippen LogP contribution in [0.25, 0.3) is 17.3 Å². The zero-order valence-corrected chi connectivity index (χ0v) is 15.7. The fourth-order valence-corrected chi connectivity index (χ4v) is 3.08. The highest BCUT2D eigenvalue weighted by atomic mass is 35.5. The van der Waals surface area contributed by atoms with Crippen molar-refractivity contribution >= 4 is 12.4 Å². The third-order valence-corrected chi connectivity index (χ3v) is 4.55. The molecular formula is C17H20ClFN6O2. The average molecular weight is 395 g/mol. The Kier molecular flexibility index (Phi) is 5.45. The Labute approximate surface area is 161 Å². The van der Waals surface area contributed by atoms with Crippen molar-refractivity contribution in [1.82, 2.24) is 30.1 Å². The van der Waals surface area contributed by atoms with Crippen molar-refractivity contribution in [1.29, 1.82) is 0 Å². The maximum atomic E-state index is 13.3. The molecule has 144 valence electrons. The van der Waals surface area contributed by atoms with Crippen LogP contribution in [-0.4, -0.2) is 56.6 Å². The van der Waals surface area contributed by atoms with Crippen LogP contribution in [0.1, 0.15) is 17.4 Å². The number of nitrogens with one attached hydrogen (secondary N) is 1. The standard InChI is InChI=1S/C17H19FN6O2.ClH/c1-10-7-11(18)3-4-12(10)24-9-14(25)15(21-24)17-20-16(22-26-17)13-8-19-5-6-23(13)2;/h3-4,7,9,13,19,25H,5-6,8H2,1-2H3;1H. The number of halogens is 2. The molecule has 1 atom stereocenters. The molecule has 2 N–H and O–H groups in total. The second-order valence-electron chi connectivity index (χ2n) is 6.40. The van der Waals surface area contributed by atoms with Crippen molar-refractivity contribution in [3.63, 3.8) is 0 Å². The highest BCUT2D eigenvalue weighted by Gasteiger charge is 2.27. The molecule has 0 amide bonds. The molecule has 1 saturated heterocycles. The van der Waals surface area contributed by atoms with Gasteiger partial charge in [0.2, 0.25) is 0 Å². The van der Waals surface area contributed by atoms with Crippen LogP contribution in [-0.2, 0) is 0 Å². The van der Waals surface area contributed by atoms with Gasteiger partial charge >= 0.3 is 0 Å². The lowest BCUT2D eigenvalue weighted by Gasteiger charge is -2.30. The van der Waals surface area contributed by atoms with E-state index in [-0.39, 0.29) is 41.6 Å².